The Labute approximate surface area is 162 Å². The van der Waals surface area contributed by atoms with E-state index in [1.807, 2.05) is 36.4 Å². The van der Waals surface area contributed by atoms with Gasteiger partial charge in [-0.05, 0) is 42.8 Å². The van der Waals surface area contributed by atoms with Crippen LogP contribution in [-0.2, 0) is 0 Å². The molecule has 1 heterocycles. The molecule has 0 saturated heterocycles. The van der Waals surface area contributed by atoms with Crippen LogP contribution in [0, 0.1) is 0 Å². The van der Waals surface area contributed by atoms with Gasteiger partial charge < -0.3 is 10.6 Å². The summed E-state index contributed by atoms with van der Waals surface area (Å²) in [7, 11) is 0. The summed E-state index contributed by atoms with van der Waals surface area (Å²) < 4.78 is 0. The maximum Gasteiger partial charge on any atom is 0.274 e. The van der Waals surface area contributed by atoms with Gasteiger partial charge in [-0.3, -0.25) is 9.78 Å². The largest absolute Gasteiger partial charge is 0.378 e. The fraction of sp³-hybridized carbons (Fsp3) is 0.100. The highest BCUT2D eigenvalue weighted by atomic mass is 35.5. The average molecular weight is 386 g/mol. The number of benzene rings is 2. The number of hydrogen-bond acceptors (Lipinski definition) is 3. The first-order valence-corrected chi connectivity index (χ1v) is 8.82. The van der Waals surface area contributed by atoms with Crippen LogP contribution in [-0.4, -0.2) is 10.9 Å². The molecule has 6 heteroatoms. The number of carbonyl (C=O) groups excluding carboxylic acids is 1. The summed E-state index contributed by atoms with van der Waals surface area (Å²) in [5, 5.41) is 7.01. The molecule has 0 aliphatic heterocycles. The van der Waals surface area contributed by atoms with Crippen molar-refractivity contribution in [3.63, 3.8) is 0 Å². The highest BCUT2D eigenvalue weighted by Crippen LogP contribution is 2.26. The number of amides is 1. The van der Waals surface area contributed by atoms with Gasteiger partial charge in [0.1, 0.15) is 5.69 Å². The van der Waals surface area contributed by atoms with Crippen molar-refractivity contribution in [3.8, 4) is 0 Å². The van der Waals surface area contributed by atoms with Crippen LogP contribution in [0.25, 0.3) is 0 Å². The highest BCUT2D eigenvalue weighted by molar-refractivity contribution is 6.35. The van der Waals surface area contributed by atoms with Crippen LogP contribution < -0.4 is 10.6 Å². The van der Waals surface area contributed by atoms with Gasteiger partial charge in [-0.25, -0.2) is 0 Å². The summed E-state index contributed by atoms with van der Waals surface area (Å²) >= 11 is 12.0. The molecule has 2 aromatic carbocycles. The molecular weight excluding hydrogens is 369 g/mol. The zero-order valence-corrected chi connectivity index (χ0v) is 15.6. The molecule has 0 fully saturated rings. The van der Waals surface area contributed by atoms with E-state index in [1.54, 1.807) is 30.5 Å². The third-order valence-electron chi connectivity index (χ3n) is 3.85. The van der Waals surface area contributed by atoms with Gasteiger partial charge in [-0.1, -0.05) is 53.5 Å². The number of halogens is 2. The van der Waals surface area contributed by atoms with Crippen LogP contribution in [0.3, 0.4) is 0 Å². The molecule has 1 aromatic heterocycles. The number of rotatable bonds is 5. The van der Waals surface area contributed by atoms with E-state index < -0.39 is 0 Å². The summed E-state index contributed by atoms with van der Waals surface area (Å²) in [6.07, 6.45) is 1.59. The molecule has 0 radical (unpaired) electrons. The molecule has 0 aliphatic carbocycles. The molecule has 26 heavy (non-hydrogen) atoms. The minimum absolute atomic E-state index is 0.0943. The number of carbonyl (C=O) groups is 1. The molecule has 0 aliphatic rings. The van der Waals surface area contributed by atoms with Gasteiger partial charge >= 0.3 is 0 Å². The van der Waals surface area contributed by atoms with Crippen molar-refractivity contribution < 1.29 is 4.79 Å². The number of aromatic nitrogens is 1. The van der Waals surface area contributed by atoms with Gasteiger partial charge in [0.2, 0.25) is 0 Å². The Balaban J connectivity index is 1.74. The first kappa shape index (κ1) is 18.2. The van der Waals surface area contributed by atoms with Crippen molar-refractivity contribution in [2.45, 2.75) is 13.0 Å². The summed E-state index contributed by atoms with van der Waals surface area (Å²) in [5.74, 6) is -0.356. The molecule has 4 nitrogen and oxygen atoms in total. The van der Waals surface area contributed by atoms with E-state index in [0.29, 0.717) is 15.7 Å². The van der Waals surface area contributed by atoms with Crippen molar-refractivity contribution in [3.05, 3.63) is 88.2 Å². The zero-order valence-electron chi connectivity index (χ0n) is 14.0. The molecule has 0 saturated carbocycles. The molecule has 1 unspecified atom stereocenters. The van der Waals surface area contributed by atoms with Gasteiger partial charge in [0, 0.05) is 22.9 Å². The number of hydrogen-bond donors (Lipinski definition) is 2. The standard InChI is InChI=1S/C20H17Cl2N3O/c1-13(14-5-3-2-4-6-14)24-16-9-10-23-19(12-16)20(26)25-18-11-15(21)7-8-17(18)22/h2-13H,1H3,(H,23,24)(H,25,26). The van der Waals surface area contributed by atoms with E-state index in [4.69, 9.17) is 23.2 Å². The van der Waals surface area contributed by atoms with E-state index in [1.165, 1.54) is 0 Å². The summed E-state index contributed by atoms with van der Waals surface area (Å²) in [6, 6.07) is 18.6. The number of anilines is 2. The molecule has 0 spiro atoms. The predicted molar refractivity (Wildman–Crippen MR) is 107 cm³/mol. The fourth-order valence-corrected chi connectivity index (χ4v) is 2.84. The van der Waals surface area contributed by atoms with Crippen molar-refractivity contribution >= 4 is 40.5 Å². The first-order chi connectivity index (χ1) is 12.5. The molecular formula is C20H17Cl2N3O. The SMILES string of the molecule is CC(Nc1ccnc(C(=O)Nc2cc(Cl)ccc2Cl)c1)c1ccccc1. The van der Waals surface area contributed by atoms with Gasteiger partial charge in [-0.2, -0.15) is 0 Å². The van der Waals surface area contributed by atoms with Crippen molar-refractivity contribution in [1.29, 1.82) is 0 Å². The number of nitrogens with zero attached hydrogens (tertiary/aromatic N) is 1. The van der Waals surface area contributed by atoms with Crippen LogP contribution in [0.1, 0.15) is 29.0 Å². The van der Waals surface area contributed by atoms with Crippen molar-refractivity contribution in [1.82, 2.24) is 4.98 Å². The maximum absolute atomic E-state index is 12.5. The third-order valence-corrected chi connectivity index (χ3v) is 4.42. The minimum Gasteiger partial charge on any atom is -0.378 e. The Kier molecular flexibility index (Phi) is 5.76. The Morgan fingerprint density at radius 2 is 1.81 bits per heavy atom. The van der Waals surface area contributed by atoms with Crippen LogP contribution in [0.5, 0.6) is 0 Å². The smallest absolute Gasteiger partial charge is 0.274 e. The fourth-order valence-electron chi connectivity index (χ4n) is 2.50. The second-order valence-electron chi connectivity index (χ2n) is 5.78. The highest BCUT2D eigenvalue weighted by Gasteiger charge is 2.12. The maximum atomic E-state index is 12.5. The molecule has 1 atom stereocenters. The van der Waals surface area contributed by atoms with Crippen LogP contribution in [0.4, 0.5) is 11.4 Å². The Morgan fingerprint density at radius 1 is 1.04 bits per heavy atom. The minimum atomic E-state index is -0.356. The van der Waals surface area contributed by atoms with E-state index in [-0.39, 0.29) is 17.6 Å². The monoisotopic (exact) mass is 385 g/mol. The number of pyridine rings is 1. The van der Waals surface area contributed by atoms with Crippen LogP contribution in [0.2, 0.25) is 10.0 Å². The Bertz CT molecular complexity index is 916. The summed E-state index contributed by atoms with van der Waals surface area (Å²) in [5.41, 5.74) is 2.69. The first-order valence-electron chi connectivity index (χ1n) is 8.07. The lowest BCUT2D eigenvalue weighted by Crippen LogP contribution is -2.15. The van der Waals surface area contributed by atoms with Crippen LogP contribution >= 0.6 is 23.2 Å². The lowest BCUT2D eigenvalue weighted by Gasteiger charge is -2.16. The normalized spacial score (nSPS) is 11.7. The quantitative estimate of drug-likeness (QED) is 0.582. The molecule has 3 aromatic rings. The van der Waals surface area contributed by atoms with Gasteiger partial charge in [0.05, 0.1) is 10.7 Å². The lowest BCUT2D eigenvalue weighted by molar-refractivity contribution is 0.102. The average Bonchev–Trinajstić information content (AvgIpc) is 2.65. The van der Waals surface area contributed by atoms with Gasteiger partial charge in [0.25, 0.3) is 5.91 Å². The van der Waals surface area contributed by atoms with Crippen molar-refractivity contribution in [2.75, 3.05) is 10.6 Å². The molecule has 3 rings (SSSR count). The summed E-state index contributed by atoms with van der Waals surface area (Å²) in [6.45, 7) is 2.06. The van der Waals surface area contributed by atoms with Crippen molar-refractivity contribution in [2.24, 2.45) is 0 Å². The van der Waals surface area contributed by atoms with E-state index in [2.05, 4.69) is 22.5 Å². The Morgan fingerprint density at radius 3 is 2.58 bits per heavy atom. The molecule has 2 N–H and O–H groups in total. The second kappa shape index (κ2) is 8.21. The topological polar surface area (TPSA) is 54.0 Å². The lowest BCUT2D eigenvalue weighted by atomic mass is 10.1. The number of nitrogens with one attached hydrogen (secondary N) is 2. The molecule has 0 bridgehead atoms. The predicted octanol–water partition coefficient (Wildman–Crippen LogP) is 5.81. The molecule has 132 valence electrons. The van der Waals surface area contributed by atoms with Crippen LogP contribution in [0.15, 0.2) is 66.9 Å². The van der Waals surface area contributed by atoms with E-state index in [0.717, 1.165) is 11.3 Å². The summed E-state index contributed by atoms with van der Waals surface area (Å²) in [4.78, 5) is 16.6. The Hall–Kier alpha value is -2.56. The van der Waals surface area contributed by atoms with E-state index in [9.17, 15) is 4.79 Å². The molecule has 1 amide bonds. The van der Waals surface area contributed by atoms with Gasteiger partial charge in [-0.15, -0.1) is 0 Å². The third kappa shape index (κ3) is 4.54. The second-order valence-corrected chi connectivity index (χ2v) is 6.63. The zero-order chi connectivity index (χ0) is 18.5. The van der Waals surface area contributed by atoms with E-state index >= 15 is 0 Å². The van der Waals surface area contributed by atoms with Gasteiger partial charge in [0.15, 0.2) is 0 Å².